The van der Waals surface area contributed by atoms with Crippen molar-refractivity contribution >= 4 is 0 Å². The second-order valence-electron chi connectivity index (χ2n) is 8.84. The zero-order valence-corrected chi connectivity index (χ0v) is 13.0. The van der Waals surface area contributed by atoms with Crippen molar-refractivity contribution in [2.45, 2.75) is 59.8 Å². The molecule has 2 saturated carbocycles. The van der Waals surface area contributed by atoms with Gasteiger partial charge in [0, 0.05) is 0 Å². The van der Waals surface area contributed by atoms with Gasteiger partial charge in [-0.05, 0) is 65.8 Å². The maximum absolute atomic E-state index is 5.77. The van der Waals surface area contributed by atoms with Gasteiger partial charge in [-0.15, -0.1) is 0 Å². The molecule has 3 unspecified atom stereocenters. The van der Waals surface area contributed by atoms with Crippen LogP contribution in [0.4, 0.5) is 0 Å². The van der Waals surface area contributed by atoms with Crippen molar-refractivity contribution in [2.24, 2.45) is 28.1 Å². The lowest BCUT2D eigenvalue weighted by Gasteiger charge is -2.58. The van der Waals surface area contributed by atoms with E-state index < -0.39 is 0 Å². The lowest BCUT2D eigenvalue weighted by Crippen LogP contribution is -2.50. The third-order valence-corrected chi connectivity index (χ3v) is 7.50. The first-order chi connectivity index (χ1) is 8.88. The van der Waals surface area contributed by atoms with Gasteiger partial charge < -0.3 is 4.74 Å². The minimum absolute atomic E-state index is 0.472. The van der Waals surface area contributed by atoms with Crippen LogP contribution in [-0.4, -0.2) is 13.2 Å². The molecule has 19 heavy (non-hydrogen) atoms. The number of hydrogen-bond donors (Lipinski definition) is 0. The summed E-state index contributed by atoms with van der Waals surface area (Å²) in [6.45, 7) is 12.1. The molecular weight excluding hydrogens is 232 g/mol. The van der Waals surface area contributed by atoms with E-state index in [1.165, 1.54) is 32.1 Å². The number of rotatable bonds is 0. The summed E-state index contributed by atoms with van der Waals surface area (Å²) in [4.78, 5) is 0. The van der Waals surface area contributed by atoms with E-state index in [1.807, 2.05) is 5.57 Å². The first-order valence-electron chi connectivity index (χ1n) is 8.17. The number of fused-ring (bicyclic) bond motifs is 2. The molecule has 1 spiro atoms. The highest BCUT2D eigenvalue weighted by Crippen LogP contribution is 2.76. The van der Waals surface area contributed by atoms with Crippen molar-refractivity contribution in [3.8, 4) is 0 Å². The molecule has 3 atom stereocenters. The standard InChI is InChI=1S/C18H28O/c1-16(2)9-12-11-19-8-6-14(12)15-17(3,4)13-5-7-18(15,16)10-13/h13,15H,5-11H2,1-4H3. The Kier molecular flexibility index (Phi) is 2.27. The Bertz CT molecular complexity index is 456. The van der Waals surface area contributed by atoms with Crippen molar-refractivity contribution in [3.05, 3.63) is 11.1 Å². The molecule has 0 saturated heterocycles. The summed E-state index contributed by atoms with van der Waals surface area (Å²) in [6.07, 6.45) is 6.97. The molecule has 0 radical (unpaired) electrons. The van der Waals surface area contributed by atoms with Gasteiger partial charge in [0.2, 0.25) is 0 Å². The predicted octanol–water partition coefficient (Wildman–Crippen LogP) is 4.58. The van der Waals surface area contributed by atoms with Crippen molar-refractivity contribution in [3.63, 3.8) is 0 Å². The summed E-state index contributed by atoms with van der Waals surface area (Å²) in [5, 5.41) is 0. The molecule has 4 aliphatic rings. The van der Waals surface area contributed by atoms with Crippen molar-refractivity contribution < 1.29 is 4.74 Å². The van der Waals surface area contributed by atoms with Crippen molar-refractivity contribution in [1.29, 1.82) is 0 Å². The molecule has 106 valence electrons. The summed E-state index contributed by atoms with van der Waals surface area (Å²) in [6, 6.07) is 0. The third kappa shape index (κ3) is 1.31. The van der Waals surface area contributed by atoms with Crippen LogP contribution >= 0.6 is 0 Å². The van der Waals surface area contributed by atoms with E-state index in [0.717, 1.165) is 25.0 Å². The van der Waals surface area contributed by atoms with Crippen LogP contribution in [0.25, 0.3) is 0 Å². The largest absolute Gasteiger partial charge is 0.377 e. The second-order valence-corrected chi connectivity index (χ2v) is 8.84. The maximum Gasteiger partial charge on any atom is 0.0679 e. The average molecular weight is 260 g/mol. The predicted molar refractivity (Wildman–Crippen MR) is 77.9 cm³/mol. The van der Waals surface area contributed by atoms with Gasteiger partial charge in [-0.2, -0.15) is 0 Å². The number of ether oxygens (including phenoxy) is 1. The Balaban J connectivity index is 1.91. The maximum atomic E-state index is 5.77. The first kappa shape index (κ1) is 12.4. The topological polar surface area (TPSA) is 9.23 Å². The molecule has 0 amide bonds. The van der Waals surface area contributed by atoms with Gasteiger partial charge in [0.05, 0.1) is 13.2 Å². The average Bonchev–Trinajstić information content (AvgIpc) is 2.85. The third-order valence-electron chi connectivity index (χ3n) is 7.50. The first-order valence-corrected chi connectivity index (χ1v) is 8.17. The second kappa shape index (κ2) is 3.47. The quantitative estimate of drug-likeness (QED) is 0.579. The van der Waals surface area contributed by atoms with Gasteiger partial charge in [0.15, 0.2) is 0 Å². The highest BCUT2D eigenvalue weighted by molar-refractivity contribution is 5.35. The van der Waals surface area contributed by atoms with Crippen molar-refractivity contribution in [2.75, 3.05) is 13.2 Å². The zero-order chi connectivity index (χ0) is 13.5. The normalized spacial score (nSPS) is 46.1. The Morgan fingerprint density at radius 3 is 2.74 bits per heavy atom. The summed E-state index contributed by atoms with van der Waals surface area (Å²) in [5.74, 6) is 1.81. The van der Waals surface area contributed by atoms with E-state index >= 15 is 0 Å². The monoisotopic (exact) mass is 260 g/mol. The fraction of sp³-hybridized carbons (Fsp3) is 0.889. The van der Waals surface area contributed by atoms with E-state index in [9.17, 15) is 0 Å². The fourth-order valence-electron chi connectivity index (χ4n) is 6.58. The molecule has 2 bridgehead atoms. The molecular formula is C18H28O. The minimum atomic E-state index is 0.472. The lowest BCUT2D eigenvalue weighted by atomic mass is 9.47. The van der Waals surface area contributed by atoms with Gasteiger partial charge in [0.25, 0.3) is 0 Å². The Morgan fingerprint density at radius 1 is 1.16 bits per heavy atom. The van der Waals surface area contributed by atoms with Gasteiger partial charge in [-0.3, -0.25) is 0 Å². The van der Waals surface area contributed by atoms with Gasteiger partial charge >= 0.3 is 0 Å². The summed E-state index contributed by atoms with van der Waals surface area (Å²) in [5.41, 5.74) is 5.11. The molecule has 1 aliphatic heterocycles. The van der Waals surface area contributed by atoms with Crippen LogP contribution in [0.5, 0.6) is 0 Å². The van der Waals surface area contributed by atoms with Crippen LogP contribution in [0.15, 0.2) is 11.1 Å². The summed E-state index contributed by atoms with van der Waals surface area (Å²) in [7, 11) is 0. The Hall–Kier alpha value is -0.300. The molecule has 0 N–H and O–H groups in total. The zero-order valence-electron chi connectivity index (χ0n) is 13.0. The fourth-order valence-corrected chi connectivity index (χ4v) is 6.58. The van der Waals surface area contributed by atoms with Crippen molar-refractivity contribution in [1.82, 2.24) is 0 Å². The molecule has 3 aliphatic carbocycles. The highest BCUT2D eigenvalue weighted by atomic mass is 16.5. The Labute approximate surface area is 117 Å². The lowest BCUT2D eigenvalue weighted by molar-refractivity contribution is -0.0327. The molecule has 0 aromatic rings. The highest BCUT2D eigenvalue weighted by Gasteiger charge is 2.68. The molecule has 1 heterocycles. The smallest absolute Gasteiger partial charge is 0.0679 e. The molecule has 4 rings (SSSR count). The molecule has 0 aromatic heterocycles. The SMILES string of the molecule is CC1(C)C2CCC3(C2)C1C1=C(COCC1)CC3(C)C. The van der Waals surface area contributed by atoms with Gasteiger partial charge in [0.1, 0.15) is 0 Å². The molecule has 0 aromatic carbocycles. The van der Waals surface area contributed by atoms with E-state index in [0.29, 0.717) is 16.2 Å². The van der Waals surface area contributed by atoms with E-state index in [1.54, 1.807) is 5.57 Å². The molecule has 2 fully saturated rings. The molecule has 1 heteroatoms. The minimum Gasteiger partial charge on any atom is -0.377 e. The van der Waals surface area contributed by atoms with Crippen LogP contribution in [0.2, 0.25) is 0 Å². The molecule has 1 nitrogen and oxygen atoms in total. The summed E-state index contributed by atoms with van der Waals surface area (Å²) >= 11 is 0. The van der Waals surface area contributed by atoms with E-state index in [4.69, 9.17) is 4.74 Å². The van der Waals surface area contributed by atoms with E-state index in [2.05, 4.69) is 27.7 Å². The summed E-state index contributed by atoms with van der Waals surface area (Å²) < 4.78 is 5.77. The van der Waals surface area contributed by atoms with Crippen LogP contribution in [-0.2, 0) is 4.74 Å². The number of hydrogen-bond acceptors (Lipinski definition) is 1. The van der Waals surface area contributed by atoms with Crippen LogP contribution < -0.4 is 0 Å². The van der Waals surface area contributed by atoms with Crippen LogP contribution in [0.1, 0.15) is 59.8 Å². The van der Waals surface area contributed by atoms with E-state index in [-0.39, 0.29) is 0 Å². The van der Waals surface area contributed by atoms with Crippen LogP contribution in [0.3, 0.4) is 0 Å². The van der Waals surface area contributed by atoms with Gasteiger partial charge in [-0.1, -0.05) is 33.3 Å². The Morgan fingerprint density at radius 2 is 1.95 bits per heavy atom. The van der Waals surface area contributed by atoms with Gasteiger partial charge in [-0.25, -0.2) is 0 Å². The van der Waals surface area contributed by atoms with Crippen LogP contribution in [0, 0.1) is 28.1 Å².